The fourth-order valence-electron chi connectivity index (χ4n) is 3.18. The summed E-state index contributed by atoms with van der Waals surface area (Å²) in [6.07, 6.45) is 2.00. The molecule has 0 bridgehead atoms. The Morgan fingerprint density at radius 3 is 1.35 bits per heavy atom. The predicted molar refractivity (Wildman–Crippen MR) is 153 cm³/mol. The molecule has 0 aromatic heterocycles. The fraction of sp³-hybridized carbons (Fsp3) is 0.160. The Bertz CT molecular complexity index is 1950. The van der Waals surface area contributed by atoms with Gasteiger partial charge in [-0.15, -0.1) is 8.80 Å². The second kappa shape index (κ2) is 24.3. The standard InChI is InChI=1S/C8H5NO2.C7H5NO3S.2C4H5NO4S.2CH4.3K.Na/c10-7-5-3-1-2-4-6(5)8(11)9-7;9-7-5-3-1-2-4-6(5)12(10,11)8-7;2*1-3-2-4(6)5-10(7,8)9-3;;;;;;/h1-4H,(H,9,10,11);1-4H,(H,8,9);2*2H,1H3,(H,5,6);2*1H4;;;;/q;;;;;;4*+1/p-4. The zero-order valence-electron chi connectivity index (χ0n) is 25.6. The van der Waals surface area contributed by atoms with Crippen LogP contribution >= 0.6 is 0 Å². The van der Waals surface area contributed by atoms with Gasteiger partial charge < -0.3 is 28.8 Å². The number of aliphatic imine (C=N–C) groups is 1. The van der Waals surface area contributed by atoms with Crippen LogP contribution in [0.4, 0.5) is 0 Å². The van der Waals surface area contributed by atoms with E-state index in [-0.39, 0.29) is 221 Å². The van der Waals surface area contributed by atoms with Gasteiger partial charge in [0, 0.05) is 28.8 Å². The van der Waals surface area contributed by atoms with Crippen molar-refractivity contribution in [3.63, 3.8) is 0 Å². The Kier molecular flexibility index (Phi) is 28.0. The molecule has 0 unspecified atom stereocenters. The second-order valence-corrected chi connectivity index (χ2v) is 12.0. The van der Waals surface area contributed by atoms with E-state index in [1.165, 1.54) is 26.0 Å². The molecule has 2 aromatic rings. The third kappa shape index (κ3) is 17.7. The SMILES string of the molecule is C.C.CC1=CC([O-])=NS(=O)(=O)O1.CC1=CC([O-])=NS(=O)(=O)O1.O=C1N=C([O-])c2ccccc21.O=S1(=O)N=C([O-])c2ccccc21.[K+].[K+].[K+].[Na+]. The molecule has 0 saturated heterocycles. The second-order valence-electron chi connectivity index (χ2n) is 8.03. The van der Waals surface area contributed by atoms with Gasteiger partial charge in [-0.25, -0.2) is 4.99 Å². The molecular formula is C25H24K3N4NaO13S3. The van der Waals surface area contributed by atoms with Crippen LogP contribution in [-0.4, -0.2) is 54.8 Å². The predicted octanol–water partition coefficient (Wildman–Crippen LogP) is -13.4. The van der Waals surface area contributed by atoms with Crippen molar-refractivity contribution in [1.82, 2.24) is 0 Å². The van der Waals surface area contributed by atoms with Crippen LogP contribution in [0.5, 0.6) is 0 Å². The van der Waals surface area contributed by atoms with E-state index in [4.69, 9.17) is 0 Å². The van der Waals surface area contributed by atoms with Gasteiger partial charge in [0.2, 0.25) is 0 Å². The minimum Gasteiger partial charge on any atom is -0.858 e. The van der Waals surface area contributed by atoms with Crippen LogP contribution in [0.1, 0.15) is 50.2 Å². The summed E-state index contributed by atoms with van der Waals surface area (Å²) in [6.45, 7) is 2.73. The van der Waals surface area contributed by atoms with Gasteiger partial charge in [0.1, 0.15) is 11.5 Å². The van der Waals surface area contributed by atoms with E-state index in [2.05, 4.69) is 26.6 Å². The molecule has 49 heavy (non-hydrogen) atoms. The maximum atomic E-state index is 11.1. The third-order valence-corrected chi connectivity index (χ3v) is 7.79. The summed E-state index contributed by atoms with van der Waals surface area (Å²) in [5.74, 6) is -3.05. The summed E-state index contributed by atoms with van der Waals surface area (Å²) in [6, 6.07) is 12.6. The number of carbonyl (C=O) groups excluding carboxylic acids is 1. The van der Waals surface area contributed by atoms with Crippen LogP contribution in [0.25, 0.3) is 0 Å². The van der Waals surface area contributed by atoms with Gasteiger partial charge in [-0.2, -0.15) is 29.7 Å². The molecule has 0 atom stereocenters. The van der Waals surface area contributed by atoms with Crippen molar-refractivity contribution >= 4 is 60.1 Å². The van der Waals surface area contributed by atoms with Gasteiger partial charge in [-0.3, -0.25) is 4.79 Å². The number of fused-ring (bicyclic) bond motifs is 2. The van der Waals surface area contributed by atoms with Crippen LogP contribution in [0.2, 0.25) is 0 Å². The minimum atomic E-state index is -3.97. The van der Waals surface area contributed by atoms with Crippen molar-refractivity contribution in [2.24, 2.45) is 18.2 Å². The Morgan fingerprint density at radius 1 is 0.592 bits per heavy atom. The maximum absolute atomic E-state index is 11.1. The van der Waals surface area contributed by atoms with E-state index in [1.807, 2.05) is 0 Å². The molecule has 0 saturated carbocycles. The minimum absolute atomic E-state index is 0. The van der Waals surface area contributed by atoms with Gasteiger partial charge in [0.25, 0.3) is 15.9 Å². The molecule has 4 aliphatic rings. The normalized spacial score (nSPS) is 17.0. The summed E-state index contributed by atoms with van der Waals surface area (Å²) in [5, 5.41) is 42.6. The number of allylic oxidation sites excluding steroid dienone is 2. The Labute approximate surface area is 434 Å². The zero-order valence-corrected chi connectivity index (χ0v) is 39.4. The van der Waals surface area contributed by atoms with Crippen molar-refractivity contribution < 1.29 is 243 Å². The number of hydrogen-bond acceptors (Lipinski definition) is 13. The molecule has 4 heterocycles. The van der Waals surface area contributed by atoms with Crippen LogP contribution in [0.3, 0.4) is 0 Å². The first-order valence-corrected chi connectivity index (χ1v) is 15.4. The van der Waals surface area contributed by atoms with E-state index < -0.39 is 60.1 Å². The third-order valence-electron chi connectivity index (χ3n) is 4.72. The topological polar surface area (TPSA) is 280 Å². The molecule has 6 rings (SSSR count). The average molecular weight is 825 g/mol. The number of nitrogens with zero attached hydrogens (tertiary/aromatic N) is 4. The maximum Gasteiger partial charge on any atom is 1.00 e. The van der Waals surface area contributed by atoms with Crippen LogP contribution in [0, 0.1) is 0 Å². The largest absolute Gasteiger partial charge is 1.00 e. The first kappa shape index (κ1) is 56.6. The zero-order chi connectivity index (χ0) is 32.2. The van der Waals surface area contributed by atoms with Crippen LogP contribution in [0.15, 0.2) is 95.3 Å². The molecule has 0 fully saturated rings. The molecule has 1 amide bonds. The van der Waals surface area contributed by atoms with E-state index in [0.29, 0.717) is 11.1 Å². The summed E-state index contributed by atoms with van der Waals surface area (Å²) >= 11 is 0. The number of amides is 1. The summed E-state index contributed by atoms with van der Waals surface area (Å²) < 4.78 is 80.6. The number of carbonyl (C=O) groups is 1. The quantitative estimate of drug-likeness (QED) is 0.224. The van der Waals surface area contributed by atoms with E-state index in [1.54, 1.807) is 36.4 Å². The van der Waals surface area contributed by atoms with E-state index >= 15 is 0 Å². The van der Waals surface area contributed by atoms with Crippen molar-refractivity contribution in [2.45, 2.75) is 33.6 Å². The molecule has 2 aromatic carbocycles. The fourth-order valence-corrected chi connectivity index (χ4v) is 5.66. The van der Waals surface area contributed by atoms with Gasteiger partial charge in [-0.1, -0.05) is 51.3 Å². The van der Waals surface area contributed by atoms with E-state index in [0.717, 1.165) is 12.2 Å². The first-order valence-electron chi connectivity index (χ1n) is 11.2. The monoisotopic (exact) mass is 824 g/mol. The number of rotatable bonds is 0. The molecule has 0 aliphatic carbocycles. The molecular weight excluding hydrogens is 801 g/mol. The number of sulfonamides is 1. The molecule has 0 spiro atoms. The van der Waals surface area contributed by atoms with Crippen LogP contribution < -0.4 is 204 Å². The molecule has 0 N–H and O–H groups in total. The Hall–Kier alpha value is 0.829. The van der Waals surface area contributed by atoms with Gasteiger partial charge in [0.05, 0.1) is 4.90 Å². The van der Waals surface area contributed by atoms with Gasteiger partial charge >= 0.3 is 204 Å². The molecule has 17 nitrogen and oxygen atoms in total. The van der Waals surface area contributed by atoms with Crippen molar-refractivity contribution in [2.75, 3.05) is 0 Å². The van der Waals surface area contributed by atoms with Crippen molar-refractivity contribution in [3.8, 4) is 0 Å². The molecule has 244 valence electrons. The summed E-state index contributed by atoms with van der Waals surface area (Å²) in [4.78, 5) is 14.2. The van der Waals surface area contributed by atoms with Gasteiger partial charge in [-0.05, 0) is 49.6 Å². The number of benzene rings is 2. The van der Waals surface area contributed by atoms with Gasteiger partial charge in [0.15, 0.2) is 0 Å². The smallest absolute Gasteiger partial charge is 0.858 e. The first-order chi connectivity index (χ1) is 19.9. The average Bonchev–Trinajstić information content (AvgIpc) is 3.28. The molecule has 24 heteroatoms. The molecule has 4 aliphatic heterocycles. The number of hydrogen-bond donors (Lipinski definition) is 0. The van der Waals surface area contributed by atoms with Crippen molar-refractivity contribution in [1.29, 1.82) is 0 Å². The van der Waals surface area contributed by atoms with E-state index in [9.17, 15) is 50.5 Å². The Balaban J connectivity index is -0.000000265. The van der Waals surface area contributed by atoms with Crippen LogP contribution in [-0.2, 0) is 39.0 Å². The Morgan fingerprint density at radius 2 is 0.980 bits per heavy atom. The summed E-state index contributed by atoms with van der Waals surface area (Å²) in [5.41, 5.74) is 0.993. The molecule has 0 radical (unpaired) electrons. The van der Waals surface area contributed by atoms with Crippen molar-refractivity contribution in [3.05, 3.63) is 88.9 Å². The summed E-state index contributed by atoms with van der Waals surface area (Å²) in [7, 11) is -11.6.